The zero-order chi connectivity index (χ0) is 31.9. The number of aliphatic hydroxyl groups excluding tert-OH is 1. The lowest BCUT2D eigenvalue weighted by atomic mass is 9.38. The maximum atomic E-state index is 14.8. The molecule has 8 nitrogen and oxygen atoms in total. The van der Waals surface area contributed by atoms with E-state index in [2.05, 4.69) is 10.6 Å². The van der Waals surface area contributed by atoms with Gasteiger partial charge in [0.25, 0.3) is 0 Å². The molecule has 3 aliphatic carbocycles. The summed E-state index contributed by atoms with van der Waals surface area (Å²) in [6.07, 6.45) is 2.02. The van der Waals surface area contributed by atoms with Crippen molar-refractivity contribution in [2.24, 2.45) is 11.1 Å². The lowest BCUT2D eigenvalue weighted by Gasteiger charge is -2.70. The number of aliphatic hydroxyl groups is 1. The summed E-state index contributed by atoms with van der Waals surface area (Å²) < 4.78 is 14.8. The summed E-state index contributed by atoms with van der Waals surface area (Å²) in [5.41, 5.74) is 8.24. The van der Waals surface area contributed by atoms with Gasteiger partial charge < -0.3 is 21.5 Å². The predicted octanol–water partition coefficient (Wildman–Crippen LogP) is 5.24. The number of carbonyl (C=O) groups is 3. The number of hydrogen-bond acceptors (Lipinski definition) is 6. The molecule has 1 heterocycles. The summed E-state index contributed by atoms with van der Waals surface area (Å²) in [6, 6.07) is 17.5. The van der Waals surface area contributed by atoms with Crippen molar-refractivity contribution in [2.75, 3.05) is 5.32 Å². The topological polar surface area (TPSA) is 125 Å². The first-order valence-electron chi connectivity index (χ1n) is 15.1. The van der Waals surface area contributed by atoms with Gasteiger partial charge in [-0.05, 0) is 67.2 Å². The van der Waals surface area contributed by atoms with Gasteiger partial charge >= 0.3 is 0 Å². The van der Waals surface area contributed by atoms with E-state index in [1.165, 1.54) is 12.1 Å². The molecule has 3 aromatic rings. The quantitative estimate of drug-likeness (QED) is 0.166. The third-order valence-corrected chi connectivity index (χ3v) is 10.2. The predicted molar refractivity (Wildman–Crippen MR) is 170 cm³/mol. The summed E-state index contributed by atoms with van der Waals surface area (Å²) in [4.78, 5) is 42.1. The van der Waals surface area contributed by atoms with Crippen molar-refractivity contribution in [3.63, 3.8) is 0 Å². The number of benzene rings is 3. The van der Waals surface area contributed by atoms with Crippen LogP contribution in [0.2, 0.25) is 10.0 Å². The van der Waals surface area contributed by atoms with E-state index in [0.717, 1.165) is 30.4 Å². The summed E-state index contributed by atoms with van der Waals surface area (Å²) in [5.74, 6) is -2.00. The van der Waals surface area contributed by atoms with Crippen LogP contribution in [0.4, 0.5) is 10.1 Å². The van der Waals surface area contributed by atoms with E-state index < -0.39 is 35.9 Å². The average Bonchev–Trinajstić information content (AvgIpc) is 3.01. The maximum absolute atomic E-state index is 14.8. The van der Waals surface area contributed by atoms with Gasteiger partial charge in [0.2, 0.25) is 11.8 Å². The molecule has 3 aromatic carbocycles. The molecule has 2 amide bonds. The number of amides is 2. The molecular weight excluding hydrogens is 618 g/mol. The largest absolute Gasteiger partial charge is 0.378 e. The van der Waals surface area contributed by atoms with E-state index in [9.17, 15) is 23.9 Å². The highest BCUT2D eigenvalue weighted by Gasteiger charge is 2.66. The van der Waals surface area contributed by atoms with Gasteiger partial charge in [-0.1, -0.05) is 77.8 Å². The molecule has 3 fully saturated rings. The van der Waals surface area contributed by atoms with Crippen molar-refractivity contribution in [2.45, 2.75) is 75.3 Å². The number of nitrogens with zero attached hydrogens (tertiary/aromatic N) is 1. The summed E-state index contributed by atoms with van der Waals surface area (Å²) >= 11 is 11.9. The van der Waals surface area contributed by atoms with Crippen molar-refractivity contribution in [1.82, 2.24) is 10.2 Å². The van der Waals surface area contributed by atoms with Crippen LogP contribution in [0.3, 0.4) is 0 Å². The van der Waals surface area contributed by atoms with Crippen LogP contribution in [0.5, 0.6) is 0 Å². The third kappa shape index (κ3) is 6.50. The fourth-order valence-corrected chi connectivity index (χ4v) is 7.66. The molecule has 5 N–H and O–H groups in total. The van der Waals surface area contributed by atoms with Crippen LogP contribution in [0.25, 0.3) is 0 Å². The van der Waals surface area contributed by atoms with E-state index in [4.69, 9.17) is 28.9 Å². The molecule has 1 aliphatic heterocycles. The van der Waals surface area contributed by atoms with Crippen LogP contribution in [0, 0.1) is 11.2 Å². The second-order valence-corrected chi connectivity index (χ2v) is 13.6. The summed E-state index contributed by atoms with van der Waals surface area (Å²) in [7, 11) is 0. The van der Waals surface area contributed by atoms with Gasteiger partial charge in [0.05, 0.1) is 21.8 Å². The highest BCUT2D eigenvalue weighted by atomic mass is 35.5. The fraction of sp³-hybridized carbons (Fsp3) is 0.382. The minimum Gasteiger partial charge on any atom is -0.378 e. The van der Waals surface area contributed by atoms with Gasteiger partial charge in [-0.25, -0.2) is 4.39 Å². The van der Waals surface area contributed by atoms with Crippen molar-refractivity contribution < 1.29 is 23.9 Å². The second kappa shape index (κ2) is 12.5. The fourth-order valence-electron chi connectivity index (χ4n) is 7.35. The zero-order valence-electron chi connectivity index (χ0n) is 24.6. The Hall–Kier alpha value is -3.34. The Kier molecular flexibility index (Phi) is 8.76. The summed E-state index contributed by atoms with van der Waals surface area (Å²) in [5, 5.41) is 16.5. The first kappa shape index (κ1) is 31.6. The molecule has 2 bridgehead atoms. The van der Waals surface area contributed by atoms with Gasteiger partial charge in [-0.3, -0.25) is 19.3 Å². The molecule has 4 aliphatic rings. The SMILES string of the molecule is NC12CC(CC(NC(=O)[C@@H]3Cc4ccccc4CN3C(O)CCC(=O)c3ccccc3)C(=O)Nc3ccc(Cl)c(Cl)c3F)(C1)C2. The second-order valence-electron chi connectivity index (χ2n) is 12.8. The van der Waals surface area contributed by atoms with Crippen molar-refractivity contribution >= 4 is 46.5 Å². The molecule has 3 saturated carbocycles. The molecule has 0 aromatic heterocycles. The number of halogens is 3. The minimum atomic E-state index is -1.09. The van der Waals surface area contributed by atoms with Crippen molar-refractivity contribution in [3.8, 4) is 0 Å². The van der Waals surface area contributed by atoms with Gasteiger partial charge in [0, 0.05) is 24.1 Å². The normalized spacial score (nSPS) is 24.8. The molecule has 3 atom stereocenters. The third-order valence-electron chi connectivity index (χ3n) is 9.44. The minimum absolute atomic E-state index is 0.0147. The van der Waals surface area contributed by atoms with Gasteiger partial charge in [0.15, 0.2) is 11.6 Å². The standard InChI is InChI=1S/C34H35Cl2FN4O4/c35-23-10-11-24(30(37)29(23)36)39-31(44)25(15-33-17-34(38,18-33)19-33)40-32(45)26-14-21-8-4-5-9-22(21)16-41(26)28(43)13-12-27(42)20-6-2-1-3-7-20/h1-11,25-26,28,43H,12-19,38H2,(H,39,44)(H,40,45)/t25?,26-,28?,33?,34?/m0/s1. The first-order valence-corrected chi connectivity index (χ1v) is 15.8. The van der Waals surface area contributed by atoms with E-state index in [1.807, 2.05) is 30.3 Å². The number of Topliss-reactive ketones (excluding diaryl/α,β-unsaturated/α-hetero) is 1. The van der Waals surface area contributed by atoms with Gasteiger partial charge in [-0.15, -0.1) is 0 Å². The van der Waals surface area contributed by atoms with Crippen LogP contribution in [0.15, 0.2) is 66.7 Å². The van der Waals surface area contributed by atoms with Crippen LogP contribution >= 0.6 is 23.2 Å². The first-order chi connectivity index (χ1) is 21.5. The molecule has 2 unspecified atom stereocenters. The molecule has 7 rings (SSSR count). The highest BCUT2D eigenvalue weighted by molar-refractivity contribution is 6.42. The van der Waals surface area contributed by atoms with Gasteiger partial charge in [-0.2, -0.15) is 0 Å². The molecule has 236 valence electrons. The Balaban J connectivity index is 1.21. The lowest BCUT2D eigenvalue weighted by Crippen LogP contribution is -2.73. The van der Waals surface area contributed by atoms with Crippen LogP contribution in [-0.4, -0.2) is 51.5 Å². The number of ketones is 1. The molecule has 0 saturated heterocycles. The van der Waals surface area contributed by atoms with Crippen LogP contribution < -0.4 is 16.4 Å². The number of fused-ring (bicyclic) bond motifs is 1. The molecule has 11 heteroatoms. The molecule has 0 radical (unpaired) electrons. The Morgan fingerprint density at radius 3 is 2.36 bits per heavy atom. The molecule has 0 spiro atoms. The Labute approximate surface area is 271 Å². The number of rotatable bonds is 11. The van der Waals surface area contributed by atoms with E-state index in [1.54, 1.807) is 29.2 Å². The number of anilines is 1. The zero-order valence-corrected chi connectivity index (χ0v) is 26.1. The van der Waals surface area contributed by atoms with Crippen LogP contribution in [-0.2, 0) is 22.6 Å². The van der Waals surface area contributed by atoms with Crippen LogP contribution in [0.1, 0.15) is 60.0 Å². The van der Waals surface area contributed by atoms with E-state index in [-0.39, 0.29) is 45.3 Å². The van der Waals surface area contributed by atoms with Gasteiger partial charge in [0.1, 0.15) is 12.3 Å². The smallest absolute Gasteiger partial charge is 0.247 e. The maximum Gasteiger partial charge on any atom is 0.247 e. The Bertz CT molecular complexity index is 1620. The lowest BCUT2D eigenvalue weighted by molar-refractivity contribution is -0.151. The van der Waals surface area contributed by atoms with E-state index >= 15 is 0 Å². The Morgan fingerprint density at radius 2 is 1.67 bits per heavy atom. The monoisotopic (exact) mass is 652 g/mol. The number of carbonyl (C=O) groups excluding carboxylic acids is 3. The number of nitrogens with one attached hydrogen (secondary N) is 2. The molecule has 45 heavy (non-hydrogen) atoms. The average molecular weight is 654 g/mol. The molecular formula is C34H35Cl2FN4O4. The highest BCUT2D eigenvalue weighted by Crippen LogP contribution is 2.68. The number of nitrogens with two attached hydrogens (primary N) is 1. The van der Waals surface area contributed by atoms with E-state index in [0.29, 0.717) is 24.9 Å². The summed E-state index contributed by atoms with van der Waals surface area (Å²) in [6.45, 7) is 0.292. The number of hydrogen-bond donors (Lipinski definition) is 4. The Morgan fingerprint density at radius 1 is 1.00 bits per heavy atom. The van der Waals surface area contributed by atoms with Crippen molar-refractivity contribution in [1.29, 1.82) is 0 Å². The van der Waals surface area contributed by atoms with Crippen molar-refractivity contribution in [3.05, 3.63) is 99.3 Å².